The monoisotopic (exact) mass is 190 g/mol. The van der Waals surface area contributed by atoms with Crippen molar-refractivity contribution in [2.45, 2.75) is 19.0 Å². The Labute approximate surface area is 83.5 Å². The van der Waals surface area contributed by atoms with Gasteiger partial charge in [-0.3, -0.25) is 10.1 Å². The van der Waals surface area contributed by atoms with E-state index in [0.717, 1.165) is 0 Å². The summed E-state index contributed by atoms with van der Waals surface area (Å²) in [4.78, 5) is 11.1. The summed E-state index contributed by atoms with van der Waals surface area (Å²) < 4.78 is 0. The molecule has 2 atom stereocenters. The second kappa shape index (κ2) is 3.80. The normalized spacial score (nSPS) is 27.1. The molecule has 0 spiro atoms. The molecule has 2 N–H and O–H groups in total. The van der Waals surface area contributed by atoms with Crippen LogP contribution in [0, 0.1) is 0 Å². The summed E-state index contributed by atoms with van der Waals surface area (Å²) in [5, 5.41) is 6.15. The molecular weight excluding hydrogens is 176 g/mol. The first-order valence-electron chi connectivity index (χ1n) is 4.85. The molecular formula is C11H14N2O. The number of amides is 1. The molecule has 1 aliphatic rings. The van der Waals surface area contributed by atoms with Crippen molar-refractivity contribution < 1.29 is 4.79 Å². The van der Waals surface area contributed by atoms with E-state index in [1.54, 1.807) is 0 Å². The largest absolute Gasteiger partial charge is 0.351 e. The van der Waals surface area contributed by atoms with Gasteiger partial charge in [-0.15, -0.1) is 0 Å². The highest BCUT2D eigenvalue weighted by Crippen LogP contribution is 2.18. The lowest BCUT2D eigenvalue weighted by molar-refractivity contribution is -0.122. The minimum absolute atomic E-state index is 0.0738. The number of hydrogen-bond donors (Lipinski definition) is 2. The van der Waals surface area contributed by atoms with E-state index in [1.807, 2.05) is 25.1 Å². The maximum absolute atomic E-state index is 11.1. The van der Waals surface area contributed by atoms with Crippen molar-refractivity contribution in [2.75, 3.05) is 6.54 Å². The van der Waals surface area contributed by atoms with Crippen molar-refractivity contribution in [3.8, 4) is 0 Å². The van der Waals surface area contributed by atoms with Gasteiger partial charge in [0.25, 0.3) is 0 Å². The number of rotatable bonds is 1. The van der Waals surface area contributed by atoms with Gasteiger partial charge in [-0.25, -0.2) is 0 Å². The van der Waals surface area contributed by atoms with Gasteiger partial charge in [0.1, 0.15) is 0 Å². The lowest BCUT2D eigenvalue weighted by Gasteiger charge is -2.31. The molecule has 1 fully saturated rings. The second-order valence-electron chi connectivity index (χ2n) is 3.63. The van der Waals surface area contributed by atoms with Crippen molar-refractivity contribution in [3.05, 3.63) is 35.9 Å². The standard InChI is InChI=1S/C11H14N2O/c1-8-11(12-7-10(14)13-8)9-5-3-2-4-6-9/h2-6,8,11-12H,7H2,1H3,(H,13,14). The van der Waals surface area contributed by atoms with Gasteiger partial charge in [0, 0.05) is 6.04 Å². The highest BCUT2D eigenvalue weighted by atomic mass is 16.2. The van der Waals surface area contributed by atoms with Crippen LogP contribution in [0.15, 0.2) is 30.3 Å². The summed E-state index contributed by atoms with van der Waals surface area (Å²) in [5.74, 6) is 0.0738. The second-order valence-corrected chi connectivity index (χ2v) is 3.63. The van der Waals surface area contributed by atoms with Gasteiger partial charge in [-0.2, -0.15) is 0 Å². The molecule has 0 aliphatic carbocycles. The number of benzene rings is 1. The zero-order valence-corrected chi connectivity index (χ0v) is 8.16. The first kappa shape index (κ1) is 9.21. The van der Waals surface area contributed by atoms with E-state index >= 15 is 0 Å². The first-order chi connectivity index (χ1) is 6.77. The number of nitrogens with one attached hydrogen (secondary N) is 2. The van der Waals surface area contributed by atoms with Crippen LogP contribution in [0.3, 0.4) is 0 Å². The Bertz CT molecular complexity index is 323. The van der Waals surface area contributed by atoms with Crippen molar-refractivity contribution in [2.24, 2.45) is 0 Å². The molecule has 74 valence electrons. The summed E-state index contributed by atoms with van der Waals surface area (Å²) in [6, 6.07) is 10.6. The summed E-state index contributed by atoms with van der Waals surface area (Å²) >= 11 is 0. The Morgan fingerprint density at radius 3 is 2.64 bits per heavy atom. The molecule has 14 heavy (non-hydrogen) atoms. The van der Waals surface area contributed by atoms with E-state index in [4.69, 9.17) is 0 Å². The van der Waals surface area contributed by atoms with Crippen LogP contribution in [-0.4, -0.2) is 18.5 Å². The van der Waals surface area contributed by atoms with Gasteiger partial charge in [0.05, 0.1) is 12.6 Å². The fourth-order valence-electron chi connectivity index (χ4n) is 1.83. The maximum Gasteiger partial charge on any atom is 0.234 e. The average Bonchev–Trinajstić information content (AvgIpc) is 2.19. The van der Waals surface area contributed by atoms with Crippen molar-refractivity contribution in [1.29, 1.82) is 0 Å². The third-order valence-corrected chi connectivity index (χ3v) is 2.53. The molecule has 3 nitrogen and oxygen atoms in total. The van der Waals surface area contributed by atoms with Gasteiger partial charge < -0.3 is 5.32 Å². The van der Waals surface area contributed by atoms with Crippen molar-refractivity contribution in [1.82, 2.24) is 10.6 Å². The Hall–Kier alpha value is -1.35. The topological polar surface area (TPSA) is 41.1 Å². The third-order valence-electron chi connectivity index (χ3n) is 2.53. The van der Waals surface area contributed by atoms with Crippen LogP contribution in [0.1, 0.15) is 18.5 Å². The van der Waals surface area contributed by atoms with Gasteiger partial charge in [0.15, 0.2) is 0 Å². The number of carbonyl (C=O) groups excluding carboxylic acids is 1. The first-order valence-corrected chi connectivity index (χ1v) is 4.85. The maximum atomic E-state index is 11.1. The fourth-order valence-corrected chi connectivity index (χ4v) is 1.83. The molecule has 3 heteroatoms. The Balaban J connectivity index is 2.16. The molecule has 2 unspecified atom stereocenters. The van der Waals surface area contributed by atoms with Gasteiger partial charge in [-0.1, -0.05) is 30.3 Å². The molecule has 1 aromatic rings. The minimum Gasteiger partial charge on any atom is -0.351 e. The van der Waals surface area contributed by atoms with E-state index in [0.29, 0.717) is 6.54 Å². The van der Waals surface area contributed by atoms with Crippen LogP contribution in [0.5, 0.6) is 0 Å². The molecule has 0 bridgehead atoms. The van der Waals surface area contributed by atoms with Crippen molar-refractivity contribution >= 4 is 5.91 Å². The van der Waals surface area contributed by atoms with E-state index in [-0.39, 0.29) is 18.0 Å². The van der Waals surface area contributed by atoms with Crippen LogP contribution in [0.25, 0.3) is 0 Å². The van der Waals surface area contributed by atoms with E-state index in [2.05, 4.69) is 22.8 Å². The smallest absolute Gasteiger partial charge is 0.234 e. The minimum atomic E-state index is 0.0738. The molecule has 1 amide bonds. The van der Waals surface area contributed by atoms with Crippen LogP contribution in [0.2, 0.25) is 0 Å². The number of carbonyl (C=O) groups is 1. The van der Waals surface area contributed by atoms with Crippen LogP contribution < -0.4 is 10.6 Å². The van der Waals surface area contributed by atoms with Gasteiger partial charge in [-0.05, 0) is 12.5 Å². The van der Waals surface area contributed by atoms with Crippen LogP contribution in [0.4, 0.5) is 0 Å². The quantitative estimate of drug-likeness (QED) is 0.689. The Morgan fingerprint density at radius 2 is 2.00 bits per heavy atom. The predicted molar refractivity (Wildman–Crippen MR) is 54.8 cm³/mol. The summed E-state index contributed by atoms with van der Waals surface area (Å²) in [6.07, 6.45) is 0. The van der Waals surface area contributed by atoms with E-state index < -0.39 is 0 Å². The Morgan fingerprint density at radius 1 is 1.29 bits per heavy atom. The molecule has 0 radical (unpaired) electrons. The predicted octanol–water partition coefficient (Wildman–Crippen LogP) is 0.836. The third kappa shape index (κ3) is 1.77. The molecule has 1 heterocycles. The number of piperazine rings is 1. The van der Waals surface area contributed by atoms with Crippen LogP contribution >= 0.6 is 0 Å². The number of hydrogen-bond acceptors (Lipinski definition) is 2. The van der Waals surface area contributed by atoms with E-state index in [9.17, 15) is 4.79 Å². The molecule has 1 aliphatic heterocycles. The van der Waals surface area contributed by atoms with Crippen molar-refractivity contribution in [3.63, 3.8) is 0 Å². The molecule has 0 saturated carbocycles. The van der Waals surface area contributed by atoms with Gasteiger partial charge >= 0.3 is 0 Å². The highest BCUT2D eigenvalue weighted by Gasteiger charge is 2.25. The van der Waals surface area contributed by atoms with Crippen LogP contribution in [-0.2, 0) is 4.79 Å². The van der Waals surface area contributed by atoms with Gasteiger partial charge in [0.2, 0.25) is 5.91 Å². The molecule has 1 aromatic carbocycles. The highest BCUT2D eigenvalue weighted by molar-refractivity contribution is 5.79. The summed E-state index contributed by atoms with van der Waals surface area (Å²) in [6.45, 7) is 2.42. The lowest BCUT2D eigenvalue weighted by atomic mass is 9.99. The zero-order chi connectivity index (χ0) is 9.97. The lowest BCUT2D eigenvalue weighted by Crippen LogP contribution is -2.52. The fraction of sp³-hybridized carbons (Fsp3) is 0.364. The average molecular weight is 190 g/mol. The zero-order valence-electron chi connectivity index (χ0n) is 8.16. The summed E-state index contributed by atoms with van der Waals surface area (Å²) in [7, 11) is 0. The Kier molecular flexibility index (Phi) is 2.50. The molecule has 1 saturated heterocycles. The molecule has 2 rings (SSSR count). The summed E-state index contributed by atoms with van der Waals surface area (Å²) in [5.41, 5.74) is 1.22. The van der Waals surface area contributed by atoms with E-state index in [1.165, 1.54) is 5.56 Å². The SMILES string of the molecule is CC1NC(=O)CNC1c1ccccc1. The molecule has 0 aromatic heterocycles.